The molecule has 13 rings (SSSR count). The maximum absolute atomic E-state index is 6.93. The summed E-state index contributed by atoms with van der Waals surface area (Å²) in [5.41, 5.74) is 19.2. The van der Waals surface area contributed by atoms with Crippen molar-refractivity contribution >= 4 is 78.0 Å². The lowest BCUT2D eigenvalue weighted by atomic mass is 9.82. The maximum atomic E-state index is 6.93. The summed E-state index contributed by atoms with van der Waals surface area (Å²) in [6.07, 6.45) is 0. The number of hydrogen-bond donors (Lipinski definition) is 0. The highest BCUT2D eigenvalue weighted by molar-refractivity contribution is 6.15. The van der Waals surface area contributed by atoms with Gasteiger partial charge in [-0.05, 0) is 117 Å². The molecule has 0 saturated heterocycles. The Balaban J connectivity index is 1.07. The zero-order valence-electron chi connectivity index (χ0n) is 37.2. The van der Waals surface area contributed by atoms with E-state index in [1.165, 1.54) is 33.4 Å². The van der Waals surface area contributed by atoms with E-state index in [0.717, 1.165) is 89.1 Å². The van der Waals surface area contributed by atoms with Crippen molar-refractivity contribution in [2.24, 2.45) is 0 Å². The van der Waals surface area contributed by atoms with Gasteiger partial charge in [0, 0.05) is 50.4 Å². The molecule has 0 saturated carbocycles. The summed E-state index contributed by atoms with van der Waals surface area (Å²) >= 11 is 0. The molecule has 0 fully saturated rings. The van der Waals surface area contributed by atoms with Crippen LogP contribution < -0.4 is 9.80 Å². The molecule has 0 amide bonds. The molecule has 2 heterocycles. The molecule has 318 valence electrons. The van der Waals surface area contributed by atoms with Crippen LogP contribution in [0, 0.1) is 0 Å². The van der Waals surface area contributed by atoms with Gasteiger partial charge in [-0.2, -0.15) is 0 Å². The smallest absolute Gasteiger partial charge is 0.139 e. The van der Waals surface area contributed by atoms with E-state index in [1.807, 2.05) is 12.1 Å². The van der Waals surface area contributed by atoms with Crippen molar-refractivity contribution < 1.29 is 8.83 Å². The Labute approximate surface area is 389 Å². The first kappa shape index (κ1) is 38.8. The molecule has 0 bridgehead atoms. The second-order valence-corrected chi connectivity index (χ2v) is 18.1. The molecule has 4 heteroatoms. The van der Waals surface area contributed by atoms with Crippen molar-refractivity contribution in [2.45, 2.75) is 19.3 Å². The maximum Gasteiger partial charge on any atom is 0.139 e. The minimum atomic E-state index is -0.194. The molecule has 0 radical (unpaired) electrons. The molecule has 0 spiro atoms. The van der Waals surface area contributed by atoms with Gasteiger partial charge in [-0.3, -0.25) is 0 Å². The number of hydrogen-bond acceptors (Lipinski definition) is 4. The van der Waals surface area contributed by atoms with Crippen LogP contribution in [0.3, 0.4) is 0 Å². The summed E-state index contributed by atoms with van der Waals surface area (Å²) < 4.78 is 13.3. The molecule has 1 aliphatic carbocycles. The van der Waals surface area contributed by atoms with E-state index in [-0.39, 0.29) is 5.41 Å². The van der Waals surface area contributed by atoms with E-state index in [1.54, 1.807) is 0 Å². The number of anilines is 6. The lowest BCUT2D eigenvalue weighted by molar-refractivity contribution is 0.660. The minimum absolute atomic E-state index is 0.194. The number of para-hydroxylation sites is 2. The van der Waals surface area contributed by atoms with Gasteiger partial charge in [0.25, 0.3) is 0 Å². The molecule has 67 heavy (non-hydrogen) atoms. The largest absolute Gasteiger partial charge is 0.456 e. The van der Waals surface area contributed by atoms with Gasteiger partial charge in [0.1, 0.15) is 22.3 Å². The monoisotopic (exact) mass is 860 g/mol. The summed E-state index contributed by atoms with van der Waals surface area (Å²) in [7, 11) is 0. The van der Waals surface area contributed by atoms with E-state index in [0.29, 0.717) is 0 Å². The number of benzene rings is 10. The van der Waals surface area contributed by atoms with Crippen molar-refractivity contribution in [1.82, 2.24) is 0 Å². The topological polar surface area (TPSA) is 32.8 Å². The van der Waals surface area contributed by atoms with Crippen LogP contribution in [0.1, 0.15) is 25.0 Å². The predicted octanol–water partition coefficient (Wildman–Crippen LogP) is 18.1. The second-order valence-electron chi connectivity index (χ2n) is 18.1. The van der Waals surface area contributed by atoms with Crippen LogP contribution >= 0.6 is 0 Å². The fourth-order valence-electron chi connectivity index (χ4n) is 10.5. The summed E-state index contributed by atoms with van der Waals surface area (Å²) in [6, 6.07) is 82.7. The SMILES string of the molecule is CC1(C)c2ccccc2-c2ccc(N(c3cc(N(c4ccc(-c5ccccc5)cc4)c4ccc(-c5ccccc5)cc4)c4c(c3)oc3ccccc34)c3ccc4oc5ccccc5c4c3)cc21. The quantitative estimate of drug-likeness (QED) is 0.152. The molecule has 2 aromatic heterocycles. The Hall–Kier alpha value is -8.60. The van der Waals surface area contributed by atoms with E-state index in [2.05, 4.69) is 242 Å². The average Bonchev–Trinajstić information content (AvgIpc) is 4.02. The third kappa shape index (κ3) is 6.36. The van der Waals surface area contributed by atoms with Gasteiger partial charge in [0.2, 0.25) is 0 Å². The number of furan rings is 2. The van der Waals surface area contributed by atoms with Crippen LogP contribution in [0.15, 0.2) is 239 Å². The Morgan fingerprint density at radius 3 is 1.49 bits per heavy atom. The third-order valence-corrected chi connectivity index (χ3v) is 13.9. The summed E-state index contributed by atoms with van der Waals surface area (Å²) in [6.45, 7) is 4.69. The molecule has 0 aliphatic heterocycles. The Bertz CT molecular complexity index is 3740. The molecule has 12 aromatic rings. The van der Waals surface area contributed by atoms with E-state index >= 15 is 0 Å². The number of nitrogens with zero attached hydrogens (tertiary/aromatic N) is 2. The highest BCUT2D eigenvalue weighted by Gasteiger charge is 2.36. The lowest BCUT2D eigenvalue weighted by Gasteiger charge is -2.31. The van der Waals surface area contributed by atoms with Crippen LogP contribution in [-0.4, -0.2) is 0 Å². The van der Waals surface area contributed by atoms with Gasteiger partial charge in [0.05, 0.1) is 16.8 Å². The van der Waals surface area contributed by atoms with E-state index in [9.17, 15) is 0 Å². The first-order valence-electron chi connectivity index (χ1n) is 23.0. The van der Waals surface area contributed by atoms with Gasteiger partial charge < -0.3 is 18.6 Å². The highest BCUT2D eigenvalue weighted by atomic mass is 16.3. The van der Waals surface area contributed by atoms with Crippen molar-refractivity contribution in [3.05, 3.63) is 242 Å². The first-order valence-corrected chi connectivity index (χ1v) is 23.0. The fourth-order valence-corrected chi connectivity index (χ4v) is 10.5. The van der Waals surface area contributed by atoms with Gasteiger partial charge in [-0.1, -0.05) is 166 Å². The Morgan fingerprint density at radius 2 is 0.806 bits per heavy atom. The summed E-state index contributed by atoms with van der Waals surface area (Å²) in [4.78, 5) is 4.79. The zero-order chi connectivity index (χ0) is 44.6. The Morgan fingerprint density at radius 1 is 0.313 bits per heavy atom. The minimum Gasteiger partial charge on any atom is -0.456 e. The second kappa shape index (κ2) is 15.3. The number of fused-ring (bicyclic) bond motifs is 9. The van der Waals surface area contributed by atoms with Gasteiger partial charge in [0.15, 0.2) is 0 Å². The van der Waals surface area contributed by atoms with Gasteiger partial charge >= 0.3 is 0 Å². The van der Waals surface area contributed by atoms with Crippen LogP contribution in [0.2, 0.25) is 0 Å². The predicted molar refractivity (Wildman–Crippen MR) is 279 cm³/mol. The fraction of sp³-hybridized carbons (Fsp3) is 0.0476. The molecule has 10 aromatic carbocycles. The standard InChI is InChI=1S/C63H44N2O2/c1-63(2)55-22-12-9-19-50(55)51-35-33-48(38-56(51)63)64(47-34-36-60-54(37-47)52-20-10-13-23-58(52)66-60)49-39-57(62-53-21-11-14-24-59(53)67-61(62)40-49)65(45-29-25-43(26-30-45)41-15-5-3-6-16-41)46-31-27-44(28-32-46)42-17-7-4-8-18-42/h3-40H,1-2H3. The normalized spacial score (nSPS) is 12.7. The van der Waals surface area contributed by atoms with Gasteiger partial charge in [-0.15, -0.1) is 0 Å². The molecule has 0 atom stereocenters. The molecular formula is C63H44N2O2. The van der Waals surface area contributed by atoms with Crippen molar-refractivity contribution in [2.75, 3.05) is 9.80 Å². The van der Waals surface area contributed by atoms with Crippen molar-refractivity contribution in [3.63, 3.8) is 0 Å². The summed E-state index contributed by atoms with van der Waals surface area (Å²) in [5, 5.41) is 4.25. The van der Waals surface area contributed by atoms with Crippen LogP contribution in [0.25, 0.3) is 77.3 Å². The van der Waals surface area contributed by atoms with Crippen LogP contribution in [0.4, 0.5) is 34.1 Å². The average molecular weight is 861 g/mol. The highest BCUT2D eigenvalue weighted by Crippen LogP contribution is 2.52. The molecule has 4 nitrogen and oxygen atoms in total. The number of rotatable bonds is 8. The Kier molecular flexibility index (Phi) is 8.84. The van der Waals surface area contributed by atoms with E-state index in [4.69, 9.17) is 8.83 Å². The van der Waals surface area contributed by atoms with Crippen LogP contribution in [-0.2, 0) is 5.41 Å². The lowest BCUT2D eigenvalue weighted by Crippen LogP contribution is -2.17. The third-order valence-electron chi connectivity index (χ3n) is 13.9. The van der Waals surface area contributed by atoms with Crippen LogP contribution in [0.5, 0.6) is 0 Å². The zero-order valence-corrected chi connectivity index (χ0v) is 37.2. The molecule has 1 aliphatic rings. The molecular weight excluding hydrogens is 817 g/mol. The van der Waals surface area contributed by atoms with Crippen molar-refractivity contribution in [3.8, 4) is 33.4 Å². The van der Waals surface area contributed by atoms with Crippen molar-refractivity contribution in [1.29, 1.82) is 0 Å². The first-order chi connectivity index (χ1) is 33.0. The summed E-state index contributed by atoms with van der Waals surface area (Å²) in [5.74, 6) is 0. The molecule has 0 unspecified atom stereocenters. The van der Waals surface area contributed by atoms with E-state index < -0.39 is 0 Å². The van der Waals surface area contributed by atoms with Gasteiger partial charge in [-0.25, -0.2) is 0 Å². The molecule has 0 N–H and O–H groups in total.